The number of pyridine rings is 1. The van der Waals surface area contributed by atoms with Gasteiger partial charge in [-0.25, -0.2) is 9.97 Å². The zero-order valence-electron chi connectivity index (χ0n) is 10.7. The molecule has 3 aromatic heterocycles. The van der Waals surface area contributed by atoms with Gasteiger partial charge < -0.3 is 0 Å². The Morgan fingerprint density at radius 1 is 1.22 bits per heavy atom. The summed E-state index contributed by atoms with van der Waals surface area (Å²) in [5.41, 5.74) is 2.81. The van der Waals surface area contributed by atoms with Crippen molar-refractivity contribution in [3.63, 3.8) is 0 Å². The number of aryl methyl sites for hydroxylation is 1. The third kappa shape index (κ3) is 1.59. The van der Waals surface area contributed by atoms with E-state index in [2.05, 4.69) is 34.0 Å². The van der Waals surface area contributed by atoms with E-state index < -0.39 is 0 Å². The summed E-state index contributed by atoms with van der Waals surface area (Å²) in [6.45, 7) is 6.16. The molecule has 0 amide bonds. The van der Waals surface area contributed by atoms with E-state index in [1.54, 1.807) is 0 Å². The van der Waals surface area contributed by atoms with Gasteiger partial charge in [-0.15, -0.1) is 0 Å². The summed E-state index contributed by atoms with van der Waals surface area (Å²) in [6.07, 6.45) is 1.98. The molecule has 0 aliphatic heterocycles. The predicted molar refractivity (Wildman–Crippen MR) is 69.4 cm³/mol. The Morgan fingerprint density at radius 2 is 2.06 bits per heavy atom. The average Bonchev–Trinajstić information content (AvgIpc) is 2.91. The number of fused-ring (bicyclic) bond motifs is 1. The number of imidazole rings is 1. The SMILES string of the molecule is Cc1nc2ccccn2c1-c1n[nH]c(C(C)C)n1. The first-order valence-corrected chi connectivity index (χ1v) is 6.03. The molecule has 0 bridgehead atoms. The van der Waals surface area contributed by atoms with Crippen molar-refractivity contribution in [1.29, 1.82) is 0 Å². The van der Waals surface area contributed by atoms with Gasteiger partial charge in [0.25, 0.3) is 0 Å². The largest absolute Gasteiger partial charge is 0.297 e. The van der Waals surface area contributed by atoms with Gasteiger partial charge >= 0.3 is 0 Å². The van der Waals surface area contributed by atoms with Gasteiger partial charge in [-0.1, -0.05) is 19.9 Å². The number of aromatic amines is 1. The van der Waals surface area contributed by atoms with Crippen molar-refractivity contribution in [2.45, 2.75) is 26.7 Å². The monoisotopic (exact) mass is 241 g/mol. The maximum atomic E-state index is 4.54. The quantitative estimate of drug-likeness (QED) is 0.750. The van der Waals surface area contributed by atoms with Gasteiger partial charge in [0.15, 0.2) is 5.82 Å². The lowest BCUT2D eigenvalue weighted by Gasteiger charge is -1.98. The van der Waals surface area contributed by atoms with Crippen LogP contribution >= 0.6 is 0 Å². The molecular weight excluding hydrogens is 226 g/mol. The van der Waals surface area contributed by atoms with Crippen LogP contribution in [0.1, 0.15) is 31.3 Å². The summed E-state index contributed by atoms with van der Waals surface area (Å²) in [6, 6.07) is 5.93. The number of rotatable bonds is 2. The van der Waals surface area contributed by atoms with Gasteiger partial charge in [0, 0.05) is 12.1 Å². The molecule has 0 atom stereocenters. The minimum absolute atomic E-state index is 0.339. The fraction of sp³-hybridized carbons (Fsp3) is 0.308. The number of hydrogen-bond donors (Lipinski definition) is 1. The van der Waals surface area contributed by atoms with Crippen molar-refractivity contribution >= 4 is 5.65 Å². The number of nitrogens with zero attached hydrogens (tertiary/aromatic N) is 4. The lowest BCUT2D eigenvalue weighted by molar-refractivity contribution is 0.781. The van der Waals surface area contributed by atoms with Crippen LogP contribution in [-0.4, -0.2) is 24.6 Å². The van der Waals surface area contributed by atoms with E-state index >= 15 is 0 Å². The van der Waals surface area contributed by atoms with Crippen LogP contribution in [0.3, 0.4) is 0 Å². The Kier molecular flexibility index (Phi) is 2.40. The Bertz CT molecular complexity index is 692. The van der Waals surface area contributed by atoms with Crippen molar-refractivity contribution in [2.75, 3.05) is 0 Å². The second-order valence-corrected chi connectivity index (χ2v) is 4.67. The highest BCUT2D eigenvalue weighted by molar-refractivity contribution is 5.60. The summed E-state index contributed by atoms with van der Waals surface area (Å²) < 4.78 is 2.02. The second-order valence-electron chi connectivity index (χ2n) is 4.67. The lowest BCUT2D eigenvalue weighted by Crippen LogP contribution is -1.92. The van der Waals surface area contributed by atoms with Crippen LogP contribution in [0, 0.1) is 6.92 Å². The molecule has 5 nitrogen and oxygen atoms in total. The van der Waals surface area contributed by atoms with E-state index in [-0.39, 0.29) is 0 Å². The maximum Gasteiger partial charge on any atom is 0.200 e. The smallest absolute Gasteiger partial charge is 0.200 e. The van der Waals surface area contributed by atoms with Crippen molar-refractivity contribution in [3.8, 4) is 11.5 Å². The van der Waals surface area contributed by atoms with Gasteiger partial charge in [0.1, 0.15) is 17.2 Å². The maximum absolute atomic E-state index is 4.54. The Hall–Kier alpha value is -2.17. The minimum Gasteiger partial charge on any atom is -0.297 e. The average molecular weight is 241 g/mol. The molecule has 0 fully saturated rings. The van der Waals surface area contributed by atoms with Crippen LogP contribution in [0.5, 0.6) is 0 Å². The normalized spacial score (nSPS) is 11.6. The van der Waals surface area contributed by atoms with E-state index in [9.17, 15) is 0 Å². The predicted octanol–water partition coefficient (Wildman–Crippen LogP) is 2.55. The molecule has 0 aliphatic carbocycles. The van der Waals surface area contributed by atoms with Gasteiger partial charge in [-0.3, -0.25) is 9.50 Å². The summed E-state index contributed by atoms with van der Waals surface area (Å²) in [7, 11) is 0. The molecule has 0 saturated heterocycles. The van der Waals surface area contributed by atoms with Crippen LogP contribution < -0.4 is 0 Å². The van der Waals surface area contributed by atoms with E-state index in [4.69, 9.17) is 0 Å². The summed E-state index contributed by atoms with van der Waals surface area (Å²) in [5, 5.41) is 7.28. The highest BCUT2D eigenvalue weighted by atomic mass is 15.2. The van der Waals surface area contributed by atoms with Crippen molar-refractivity contribution in [2.24, 2.45) is 0 Å². The van der Waals surface area contributed by atoms with Crippen LogP contribution in [0.2, 0.25) is 0 Å². The fourth-order valence-electron chi connectivity index (χ4n) is 2.02. The zero-order chi connectivity index (χ0) is 12.7. The molecule has 1 N–H and O–H groups in total. The van der Waals surface area contributed by atoms with Crippen LogP contribution in [0.4, 0.5) is 0 Å². The molecule has 92 valence electrons. The summed E-state index contributed by atoms with van der Waals surface area (Å²) >= 11 is 0. The molecule has 3 heterocycles. The Balaban J connectivity index is 2.21. The summed E-state index contributed by atoms with van der Waals surface area (Å²) in [4.78, 5) is 9.05. The Morgan fingerprint density at radius 3 is 2.78 bits per heavy atom. The number of aromatic nitrogens is 5. The first-order chi connectivity index (χ1) is 8.66. The van der Waals surface area contributed by atoms with Crippen LogP contribution in [0.25, 0.3) is 17.2 Å². The molecule has 18 heavy (non-hydrogen) atoms. The second kappa shape index (κ2) is 3.94. The van der Waals surface area contributed by atoms with E-state index in [0.29, 0.717) is 11.7 Å². The number of hydrogen-bond acceptors (Lipinski definition) is 3. The van der Waals surface area contributed by atoms with E-state index in [0.717, 1.165) is 22.9 Å². The first-order valence-electron chi connectivity index (χ1n) is 6.03. The molecule has 0 aromatic carbocycles. The molecule has 3 rings (SSSR count). The topological polar surface area (TPSA) is 58.9 Å². The lowest BCUT2D eigenvalue weighted by atomic mass is 10.2. The fourth-order valence-corrected chi connectivity index (χ4v) is 2.02. The van der Waals surface area contributed by atoms with Gasteiger partial charge in [-0.2, -0.15) is 5.10 Å². The molecule has 0 aliphatic rings. The molecule has 0 radical (unpaired) electrons. The highest BCUT2D eigenvalue weighted by Gasteiger charge is 2.15. The van der Waals surface area contributed by atoms with E-state index in [1.807, 2.05) is 35.7 Å². The van der Waals surface area contributed by atoms with Gasteiger partial charge in [-0.05, 0) is 19.1 Å². The van der Waals surface area contributed by atoms with Gasteiger partial charge in [0.2, 0.25) is 0 Å². The summed E-state index contributed by atoms with van der Waals surface area (Å²) in [5.74, 6) is 1.94. The highest BCUT2D eigenvalue weighted by Crippen LogP contribution is 2.22. The first kappa shape index (κ1) is 11.0. The zero-order valence-corrected chi connectivity index (χ0v) is 10.7. The molecule has 3 aromatic rings. The number of nitrogens with one attached hydrogen (secondary N) is 1. The van der Waals surface area contributed by atoms with Crippen molar-refractivity contribution in [1.82, 2.24) is 24.6 Å². The minimum atomic E-state index is 0.339. The van der Waals surface area contributed by atoms with Gasteiger partial charge in [0.05, 0.1) is 5.69 Å². The van der Waals surface area contributed by atoms with Crippen LogP contribution in [0.15, 0.2) is 24.4 Å². The Labute approximate surface area is 105 Å². The molecule has 0 unspecified atom stereocenters. The third-order valence-corrected chi connectivity index (χ3v) is 2.97. The third-order valence-electron chi connectivity index (χ3n) is 2.97. The van der Waals surface area contributed by atoms with E-state index in [1.165, 1.54) is 0 Å². The number of H-pyrrole nitrogens is 1. The van der Waals surface area contributed by atoms with Crippen molar-refractivity contribution < 1.29 is 0 Å². The van der Waals surface area contributed by atoms with Crippen molar-refractivity contribution in [3.05, 3.63) is 35.9 Å². The van der Waals surface area contributed by atoms with Crippen LogP contribution in [-0.2, 0) is 0 Å². The standard InChI is InChI=1S/C13H15N5/c1-8(2)12-15-13(17-16-12)11-9(3)14-10-6-4-5-7-18(10)11/h4-8H,1-3H3,(H,15,16,17). The molecule has 5 heteroatoms. The molecule has 0 spiro atoms. The molecule has 0 saturated carbocycles. The molecular formula is C13H15N5.